The summed E-state index contributed by atoms with van der Waals surface area (Å²) < 4.78 is 21.5. The molecule has 5 heteroatoms. The Morgan fingerprint density at radius 2 is 1.83 bits per heavy atom. The van der Waals surface area contributed by atoms with Crippen LogP contribution < -0.4 is 4.74 Å². The molecule has 0 saturated carbocycles. The molecule has 0 radical (unpaired) electrons. The maximum absolute atomic E-state index is 12.3. The van der Waals surface area contributed by atoms with Gasteiger partial charge in [0.25, 0.3) is 0 Å². The third-order valence-electron chi connectivity index (χ3n) is 3.47. The van der Waals surface area contributed by atoms with Crippen LogP contribution in [0.1, 0.15) is 16.1 Å². The molecular weight excluding hydrogens is 308 g/mol. The second-order valence-electron chi connectivity index (χ2n) is 5.16. The van der Waals surface area contributed by atoms with Gasteiger partial charge in [0.15, 0.2) is 0 Å². The fourth-order valence-electron chi connectivity index (χ4n) is 2.32. The lowest BCUT2D eigenvalue weighted by molar-refractivity contribution is 0.0441. The molecule has 124 valence electrons. The molecule has 0 bridgehead atoms. The van der Waals surface area contributed by atoms with Gasteiger partial charge in [-0.05, 0) is 24.3 Å². The zero-order valence-corrected chi connectivity index (χ0v) is 13.4. The Bertz CT molecular complexity index is 788. The van der Waals surface area contributed by atoms with Crippen LogP contribution in [-0.2, 0) is 16.1 Å². The largest absolute Gasteiger partial charge is 0.490 e. The fraction of sp³-hybridized carbons (Fsp3) is 0.211. The van der Waals surface area contributed by atoms with Gasteiger partial charge in [0, 0.05) is 12.5 Å². The molecule has 1 aromatic heterocycles. The number of benzene rings is 2. The number of furan rings is 1. The van der Waals surface area contributed by atoms with Gasteiger partial charge in [-0.25, -0.2) is 4.79 Å². The Labute approximate surface area is 139 Å². The number of rotatable bonds is 7. The van der Waals surface area contributed by atoms with Gasteiger partial charge in [0.1, 0.15) is 35.9 Å². The molecule has 0 N–H and O–H groups in total. The van der Waals surface area contributed by atoms with Gasteiger partial charge in [-0.1, -0.05) is 30.3 Å². The van der Waals surface area contributed by atoms with Gasteiger partial charge < -0.3 is 18.6 Å². The quantitative estimate of drug-likeness (QED) is 0.488. The van der Waals surface area contributed by atoms with Crippen LogP contribution in [0.3, 0.4) is 0 Å². The molecule has 3 aromatic rings. The summed E-state index contributed by atoms with van der Waals surface area (Å²) in [5.41, 5.74) is 1.15. The van der Waals surface area contributed by atoms with E-state index in [0.29, 0.717) is 30.3 Å². The van der Waals surface area contributed by atoms with E-state index < -0.39 is 5.97 Å². The van der Waals surface area contributed by atoms with Crippen molar-refractivity contribution in [2.24, 2.45) is 0 Å². The highest BCUT2D eigenvalue weighted by Gasteiger charge is 2.14. The first-order chi connectivity index (χ1) is 11.8. The first-order valence-corrected chi connectivity index (χ1v) is 7.63. The second kappa shape index (κ2) is 7.66. The van der Waals surface area contributed by atoms with Crippen LogP contribution >= 0.6 is 0 Å². The number of carbonyl (C=O) groups is 1. The van der Waals surface area contributed by atoms with E-state index in [1.54, 1.807) is 31.4 Å². The van der Waals surface area contributed by atoms with Crippen LogP contribution in [-0.4, -0.2) is 26.3 Å². The first-order valence-electron chi connectivity index (χ1n) is 7.63. The summed E-state index contributed by atoms with van der Waals surface area (Å²) in [6.07, 6.45) is 0. The topological polar surface area (TPSA) is 57.9 Å². The van der Waals surface area contributed by atoms with Crippen molar-refractivity contribution in [3.63, 3.8) is 0 Å². The number of hydrogen-bond donors (Lipinski definition) is 0. The molecule has 0 aliphatic carbocycles. The molecule has 0 saturated heterocycles. The van der Waals surface area contributed by atoms with Crippen molar-refractivity contribution in [1.82, 2.24) is 0 Å². The van der Waals surface area contributed by atoms with Crippen LogP contribution in [0, 0.1) is 0 Å². The fourth-order valence-corrected chi connectivity index (χ4v) is 2.32. The minimum absolute atomic E-state index is 0.0694. The van der Waals surface area contributed by atoms with Crippen LogP contribution in [0.5, 0.6) is 5.75 Å². The maximum atomic E-state index is 12.3. The average Bonchev–Trinajstić information content (AvgIpc) is 3.03. The second-order valence-corrected chi connectivity index (χ2v) is 5.16. The van der Waals surface area contributed by atoms with Crippen LogP contribution in [0.4, 0.5) is 0 Å². The molecule has 0 fully saturated rings. The van der Waals surface area contributed by atoms with Crippen molar-refractivity contribution in [2.45, 2.75) is 6.61 Å². The minimum atomic E-state index is -0.455. The van der Waals surface area contributed by atoms with E-state index in [0.717, 1.165) is 11.0 Å². The Balaban J connectivity index is 1.66. The smallest absolute Gasteiger partial charge is 0.342 e. The van der Waals surface area contributed by atoms with E-state index >= 15 is 0 Å². The summed E-state index contributed by atoms with van der Waals surface area (Å²) in [5, 5.41) is 0.979. The van der Waals surface area contributed by atoms with Crippen LogP contribution in [0.25, 0.3) is 11.0 Å². The molecule has 2 aromatic carbocycles. The lowest BCUT2D eigenvalue weighted by Gasteiger charge is -2.10. The summed E-state index contributed by atoms with van der Waals surface area (Å²) in [6, 6.07) is 16.5. The zero-order valence-electron chi connectivity index (χ0n) is 13.4. The maximum Gasteiger partial charge on any atom is 0.342 e. The van der Waals surface area contributed by atoms with Gasteiger partial charge in [-0.2, -0.15) is 0 Å². The van der Waals surface area contributed by atoms with Crippen molar-refractivity contribution in [3.8, 4) is 5.75 Å². The van der Waals surface area contributed by atoms with E-state index in [4.69, 9.17) is 18.6 Å². The van der Waals surface area contributed by atoms with E-state index in [2.05, 4.69) is 0 Å². The Morgan fingerprint density at radius 1 is 1.04 bits per heavy atom. The number of esters is 1. The predicted octanol–water partition coefficient (Wildman–Crippen LogP) is 3.82. The van der Waals surface area contributed by atoms with Crippen LogP contribution in [0.15, 0.2) is 59.0 Å². The number of para-hydroxylation sites is 2. The average molecular weight is 326 g/mol. The van der Waals surface area contributed by atoms with E-state index in [1.165, 1.54) is 0 Å². The molecule has 0 aliphatic rings. The Hall–Kier alpha value is -2.79. The summed E-state index contributed by atoms with van der Waals surface area (Å²) in [5.74, 6) is 0.620. The number of ether oxygens (including phenoxy) is 3. The third kappa shape index (κ3) is 3.75. The molecule has 1 heterocycles. The highest BCUT2D eigenvalue weighted by molar-refractivity contribution is 5.92. The van der Waals surface area contributed by atoms with Gasteiger partial charge in [0.2, 0.25) is 0 Å². The van der Waals surface area contributed by atoms with Crippen molar-refractivity contribution in [1.29, 1.82) is 0 Å². The van der Waals surface area contributed by atoms with Gasteiger partial charge >= 0.3 is 5.97 Å². The Kier molecular flexibility index (Phi) is 5.13. The SMILES string of the molecule is COCCOc1ccccc1C(=O)OCc1cc2ccccc2o1. The summed E-state index contributed by atoms with van der Waals surface area (Å²) >= 11 is 0. The minimum Gasteiger partial charge on any atom is -0.490 e. The summed E-state index contributed by atoms with van der Waals surface area (Å²) in [4.78, 5) is 12.3. The monoisotopic (exact) mass is 326 g/mol. The van der Waals surface area contributed by atoms with Gasteiger partial charge in [-0.15, -0.1) is 0 Å². The van der Waals surface area contributed by atoms with Crippen LogP contribution in [0.2, 0.25) is 0 Å². The standard InChI is InChI=1S/C19H18O5/c1-21-10-11-22-18-9-5-3-7-16(18)19(20)23-13-15-12-14-6-2-4-8-17(14)24-15/h2-9,12H,10-11,13H2,1H3. The third-order valence-corrected chi connectivity index (χ3v) is 3.47. The summed E-state index contributed by atoms with van der Waals surface area (Å²) in [6.45, 7) is 0.882. The zero-order chi connectivity index (χ0) is 16.8. The summed E-state index contributed by atoms with van der Waals surface area (Å²) in [7, 11) is 1.59. The van der Waals surface area contributed by atoms with Crippen molar-refractivity contribution in [3.05, 3.63) is 65.9 Å². The highest BCUT2D eigenvalue weighted by atomic mass is 16.5. The molecule has 0 atom stereocenters. The number of hydrogen-bond acceptors (Lipinski definition) is 5. The normalized spacial score (nSPS) is 10.7. The molecular formula is C19H18O5. The van der Waals surface area contributed by atoms with E-state index in [-0.39, 0.29) is 6.61 Å². The van der Waals surface area contributed by atoms with Gasteiger partial charge in [-0.3, -0.25) is 0 Å². The van der Waals surface area contributed by atoms with Crippen molar-refractivity contribution >= 4 is 16.9 Å². The number of methoxy groups -OCH3 is 1. The molecule has 0 spiro atoms. The molecule has 0 unspecified atom stereocenters. The molecule has 0 amide bonds. The molecule has 24 heavy (non-hydrogen) atoms. The lowest BCUT2D eigenvalue weighted by atomic mass is 10.2. The van der Waals surface area contributed by atoms with Crippen molar-refractivity contribution < 1.29 is 23.4 Å². The molecule has 3 rings (SSSR count). The first kappa shape index (κ1) is 16.1. The van der Waals surface area contributed by atoms with Gasteiger partial charge in [0.05, 0.1) is 6.61 Å². The highest BCUT2D eigenvalue weighted by Crippen LogP contribution is 2.22. The lowest BCUT2D eigenvalue weighted by Crippen LogP contribution is -2.10. The number of carbonyl (C=O) groups excluding carboxylic acids is 1. The Morgan fingerprint density at radius 3 is 2.67 bits per heavy atom. The van der Waals surface area contributed by atoms with Crippen molar-refractivity contribution in [2.75, 3.05) is 20.3 Å². The predicted molar refractivity (Wildman–Crippen MR) is 89.1 cm³/mol. The van der Waals surface area contributed by atoms with E-state index in [1.807, 2.05) is 30.3 Å². The van der Waals surface area contributed by atoms with E-state index in [9.17, 15) is 4.79 Å². The molecule has 0 aliphatic heterocycles. The number of fused-ring (bicyclic) bond motifs is 1. The molecule has 5 nitrogen and oxygen atoms in total.